The van der Waals surface area contributed by atoms with Gasteiger partial charge in [0.1, 0.15) is 24.8 Å². The van der Waals surface area contributed by atoms with Crippen LogP contribution in [0.1, 0.15) is 36.6 Å². The number of halogens is 2. The van der Waals surface area contributed by atoms with Crippen molar-refractivity contribution in [3.05, 3.63) is 59.7 Å². The molecule has 8 heteroatoms. The largest absolute Gasteiger partial charge is 0.473 e. The molecule has 0 aliphatic rings. The van der Waals surface area contributed by atoms with Crippen LogP contribution in [0, 0.1) is 5.82 Å². The standard InChI is InChI=1S/C21H24F2N4O2/c1-5-27-12-19(21(25-27)29-9-8-22)13(2)18-11-26(4)24-20(18)16-7-6-15(23)10-17(16)14(3)28/h6-7,10-12,14,28H,2,5,8-9H2,1,3-4H3/t14-/m1/s1. The van der Waals surface area contributed by atoms with E-state index in [0.717, 1.165) is 0 Å². The van der Waals surface area contributed by atoms with Gasteiger partial charge in [-0.2, -0.15) is 5.10 Å². The molecule has 0 saturated heterocycles. The number of alkyl halides is 1. The van der Waals surface area contributed by atoms with Crippen molar-refractivity contribution in [2.45, 2.75) is 26.5 Å². The van der Waals surface area contributed by atoms with Crippen LogP contribution >= 0.6 is 0 Å². The maximum atomic E-state index is 13.8. The lowest BCUT2D eigenvalue weighted by Crippen LogP contribution is -2.02. The number of aromatic nitrogens is 4. The van der Waals surface area contributed by atoms with Crippen LogP contribution in [-0.4, -0.2) is 37.9 Å². The van der Waals surface area contributed by atoms with Gasteiger partial charge in [-0.25, -0.2) is 8.78 Å². The Kier molecular flexibility index (Phi) is 6.12. The van der Waals surface area contributed by atoms with Crippen molar-refractivity contribution in [1.29, 1.82) is 0 Å². The monoisotopic (exact) mass is 402 g/mol. The maximum Gasteiger partial charge on any atom is 0.240 e. The van der Waals surface area contributed by atoms with Crippen LogP contribution in [0.2, 0.25) is 0 Å². The molecule has 0 unspecified atom stereocenters. The molecule has 0 radical (unpaired) electrons. The molecule has 3 aromatic rings. The number of rotatable bonds is 8. The van der Waals surface area contributed by atoms with Crippen molar-refractivity contribution >= 4 is 5.57 Å². The Balaban J connectivity index is 2.11. The van der Waals surface area contributed by atoms with E-state index >= 15 is 0 Å². The van der Waals surface area contributed by atoms with Crippen LogP contribution in [0.5, 0.6) is 5.88 Å². The van der Waals surface area contributed by atoms with Crippen molar-refractivity contribution in [2.75, 3.05) is 13.3 Å². The highest BCUT2D eigenvalue weighted by atomic mass is 19.1. The zero-order valence-electron chi connectivity index (χ0n) is 16.7. The summed E-state index contributed by atoms with van der Waals surface area (Å²) in [6, 6.07) is 4.21. The van der Waals surface area contributed by atoms with E-state index in [4.69, 9.17) is 4.74 Å². The quantitative estimate of drug-likeness (QED) is 0.621. The summed E-state index contributed by atoms with van der Waals surface area (Å²) in [6.07, 6.45) is 2.69. The number of aryl methyl sites for hydroxylation is 2. The van der Waals surface area contributed by atoms with Gasteiger partial charge in [0, 0.05) is 37.1 Å². The van der Waals surface area contributed by atoms with Gasteiger partial charge in [-0.1, -0.05) is 6.58 Å². The Hall–Kier alpha value is -3.00. The lowest BCUT2D eigenvalue weighted by atomic mass is 9.94. The van der Waals surface area contributed by atoms with Crippen molar-refractivity contribution in [3.8, 4) is 17.1 Å². The van der Waals surface area contributed by atoms with Crippen molar-refractivity contribution < 1.29 is 18.6 Å². The second-order valence-corrected chi connectivity index (χ2v) is 6.69. The van der Waals surface area contributed by atoms with Gasteiger partial charge >= 0.3 is 0 Å². The fourth-order valence-electron chi connectivity index (χ4n) is 3.16. The van der Waals surface area contributed by atoms with Crippen LogP contribution in [-0.2, 0) is 13.6 Å². The number of nitrogens with zero attached hydrogens (tertiary/aromatic N) is 4. The van der Waals surface area contributed by atoms with E-state index in [9.17, 15) is 13.9 Å². The first-order valence-electron chi connectivity index (χ1n) is 9.33. The van der Waals surface area contributed by atoms with Gasteiger partial charge in [-0.05, 0) is 43.2 Å². The molecule has 3 rings (SSSR count). The third-order valence-electron chi connectivity index (χ3n) is 4.57. The minimum Gasteiger partial charge on any atom is -0.473 e. The van der Waals surface area contributed by atoms with E-state index in [2.05, 4.69) is 16.8 Å². The molecule has 0 fully saturated rings. The maximum absolute atomic E-state index is 13.8. The first-order valence-corrected chi connectivity index (χ1v) is 9.33. The van der Waals surface area contributed by atoms with E-state index in [1.807, 2.05) is 6.92 Å². The molecule has 0 saturated carbocycles. The Morgan fingerprint density at radius 2 is 2.03 bits per heavy atom. The highest BCUT2D eigenvalue weighted by Crippen LogP contribution is 2.37. The minimum absolute atomic E-state index is 0.106. The molecule has 1 aromatic carbocycles. The molecule has 0 aliphatic carbocycles. The van der Waals surface area contributed by atoms with Gasteiger partial charge in [0.05, 0.1) is 11.7 Å². The third-order valence-corrected chi connectivity index (χ3v) is 4.57. The number of benzene rings is 1. The SMILES string of the molecule is C=C(c1cn(CC)nc1OCCF)c1cn(C)nc1-c1ccc(F)cc1[C@@H](C)O. The van der Waals surface area contributed by atoms with Crippen molar-refractivity contribution in [2.24, 2.45) is 7.05 Å². The minimum atomic E-state index is -0.880. The summed E-state index contributed by atoms with van der Waals surface area (Å²) in [5, 5.41) is 19.0. The normalized spacial score (nSPS) is 12.2. The molecule has 0 amide bonds. The molecule has 2 aromatic heterocycles. The summed E-state index contributed by atoms with van der Waals surface area (Å²) in [5.41, 5.74) is 3.47. The van der Waals surface area contributed by atoms with Gasteiger partial charge < -0.3 is 9.84 Å². The summed E-state index contributed by atoms with van der Waals surface area (Å²) in [7, 11) is 1.77. The summed E-state index contributed by atoms with van der Waals surface area (Å²) in [4.78, 5) is 0. The molecule has 2 heterocycles. The molecule has 1 atom stereocenters. The fourth-order valence-corrected chi connectivity index (χ4v) is 3.16. The lowest BCUT2D eigenvalue weighted by molar-refractivity contribution is 0.199. The molecule has 0 aliphatic heterocycles. The molecule has 0 spiro atoms. The predicted octanol–water partition coefficient (Wildman–Crippen LogP) is 3.91. The number of hydrogen-bond donors (Lipinski definition) is 1. The molecule has 0 bridgehead atoms. The van der Waals surface area contributed by atoms with Crippen molar-refractivity contribution in [1.82, 2.24) is 19.6 Å². The Morgan fingerprint density at radius 3 is 2.69 bits per heavy atom. The van der Waals surface area contributed by atoms with E-state index < -0.39 is 18.6 Å². The molecule has 1 N–H and O–H groups in total. The van der Waals surface area contributed by atoms with Gasteiger partial charge in [0.25, 0.3) is 0 Å². The number of aliphatic hydroxyl groups is 1. The van der Waals surface area contributed by atoms with Crippen LogP contribution < -0.4 is 4.74 Å². The average Bonchev–Trinajstić information content (AvgIpc) is 3.29. The zero-order valence-corrected chi connectivity index (χ0v) is 16.7. The average molecular weight is 402 g/mol. The molecule has 154 valence electrons. The highest BCUT2D eigenvalue weighted by Gasteiger charge is 2.22. The molecule has 29 heavy (non-hydrogen) atoms. The molecular formula is C21H24F2N4O2. The summed E-state index contributed by atoms with van der Waals surface area (Å²) in [5.74, 6) is -0.147. The van der Waals surface area contributed by atoms with Gasteiger partial charge in [-0.3, -0.25) is 9.36 Å². The Bertz CT molecular complexity index is 1020. The fraction of sp³-hybridized carbons (Fsp3) is 0.333. The molecule has 6 nitrogen and oxygen atoms in total. The number of aliphatic hydroxyl groups excluding tert-OH is 1. The topological polar surface area (TPSA) is 65.1 Å². The summed E-state index contributed by atoms with van der Waals surface area (Å²) < 4.78 is 35.1. The summed E-state index contributed by atoms with van der Waals surface area (Å²) >= 11 is 0. The predicted molar refractivity (Wildman–Crippen MR) is 107 cm³/mol. The third kappa shape index (κ3) is 4.22. The van der Waals surface area contributed by atoms with E-state index in [1.165, 1.54) is 12.1 Å². The first-order chi connectivity index (χ1) is 13.8. The second-order valence-electron chi connectivity index (χ2n) is 6.69. The zero-order chi connectivity index (χ0) is 21.1. The molecular weight excluding hydrogens is 378 g/mol. The Morgan fingerprint density at radius 1 is 1.28 bits per heavy atom. The Labute approximate surface area is 168 Å². The summed E-state index contributed by atoms with van der Waals surface area (Å²) in [6.45, 7) is 7.57. The number of ether oxygens (including phenoxy) is 1. The second kappa shape index (κ2) is 8.57. The first kappa shape index (κ1) is 20.7. The van der Waals surface area contributed by atoms with Gasteiger partial charge in [0.15, 0.2) is 0 Å². The van der Waals surface area contributed by atoms with Gasteiger partial charge in [-0.15, -0.1) is 5.10 Å². The van der Waals surface area contributed by atoms with Gasteiger partial charge in [0.2, 0.25) is 5.88 Å². The highest BCUT2D eigenvalue weighted by molar-refractivity contribution is 5.88. The van der Waals surface area contributed by atoms with Crippen molar-refractivity contribution in [3.63, 3.8) is 0 Å². The van der Waals surface area contributed by atoms with E-state index in [-0.39, 0.29) is 6.61 Å². The van der Waals surface area contributed by atoms with Crippen LogP contribution in [0.15, 0.2) is 37.2 Å². The smallest absolute Gasteiger partial charge is 0.240 e. The number of hydrogen-bond acceptors (Lipinski definition) is 4. The van der Waals surface area contributed by atoms with Crippen LogP contribution in [0.25, 0.3) is 16.8 Å². The lowest BCUT2D eigenvalue weighted by Gasteiger charge is -2.13. The van der Waals surface area contributed by atoms with Crippen LogP contribution in [0.3, 0.4) is 0 Å². The van der Waals surface area contributed by atoms with E-state index in [1.54, 1.807) is 41.8 Å². The van der Waals surface area contributed by atoms with Crippen LogP contribution in [0.4, 0.5) is 8.78 Å². The van der Waals surface area contributed by atoms with E-state index in [0.29, 0.717) is 45.9 Å².